The number of aromatic nitrogens is 1. The lowest BCUT2D eigenvalue weighted by Gasteiger charge is -2.19. The van der Waals surface area contributed by atoms with Crippen LogP contribution in [0.3, 0.4) is 0 Å². The molecule has 3 rings (SSSR count). The first-order valence-corrected chi connectivity index (χ1v) is 8.04. The van der Waals surface area contributed by atoms with Crippen molar-refractivity contribution in [2.24, 2.45) is 0 Å². The minimum absolute atomic E-state index is 0.102. The lowest BCUT2D eigenvalue weighted by atomic mass is 10.0. The van der Waals surface area contributed by atoms with Crippen molar-refractivity contribution in [3.63, 3.8) is 0 Å². The normalized spacial score (nSPS) is 15.0. The van der Waals surface area contributed by atoms with Crippen LogP contribution in [0.2, 0.25) is 0 Å². The second-order valence-corrected chi connectivity index (χ2v) is 6.23. The number of aliphatic hydroxyl groups is 1. The van der Waals surface area contributed by atoms with E-state index in [-0.39, 0.29) is 6.61 Å². The molecule has 3 nitrogen and oxygen atoms in total. The van der Waals surface area contributed by atoms with Crippen molar-refractivity contribution < 1.29 is 5.11 Å². The summed E-state index contributed by atoms with van der Waals surface area (Å²) >= 11 is 1.64. The number of anilines is 1. The molecular weight excluding hydrogens is 268 g/mol. The Hall–Kier alpha value is -1.39. The third kappa shape index (κ3) is 2.58. The van der Waals surface area contributed by atoms with Crippen molar-refractivity contribution in [1.29, 1.82) is 0 Å². The molecule has 0 fully saturated rings. The molecule has 0 aliphatic carbocycles. The van der Waals surface area contributed by atoms with Crippen LogP contribution in [0.4, 0.5) is 5.13 Å². The van der Waals surface area contributed by atoms with Gasteiger partial charge in [0.15, 0.2) is 5.13 Å². The predicted octanol–water partition coefficient (Wildman–Crippen LogP) is 3.15. The maximum atomic E-state index is 9.43. The van der Waals surface area contributed by atoms with Crippen LogP contribution in [0.15, 0.2) is 24.3 Å². The average molecular weight is 288 g/mol. The van der Waals surface area contributed by atoms with E-state index < -0.39 is 0 Å². The Kier molecular flexibility index (Phi) is 4.03. The van der Waals surface area contributed by atoms with Crippen LogP contribution in [-0.4, -0.2) is 16.6 Å². The Morgan fingerprint density at radius 1 is 1.30 bits per heavy atom. The van der Waals surface area contributed by atoms with Crippen LogP contribution in [0.25, 0.3) is 0 Å². The summed E-state index contributed by atoms with van der Waals surface area (Å²) in [7, 11) is 0. The highest BCUT2D eigenvalue weighted by Gasteiger charge is 2.18. The van der Waals surface area contributed by atoms with Gasteiger partial charge in [0.1, 0.15) is 0 Å². The molecule has 0 unspecified atom stereocenters. The van der Waals surface area contributed by atoms with E-state index in [1.165, 1.54) is 11.1 Å². The number of hydrogen-bond acceptors (Lipinski definition) is 4. The Balaban J connectivity index is 1.89. The quantitative estimate of drug-likeness (QED) is 0.942. The number of hydrogen-bond donors (Lipinski definition) is 1. The topological polar surface area (TPSA) is 36.4 Å². The first-order chi connectivity index (χ1) is 9.81. The van der Waals surface area contributed by atoms with E-state index in [0.717, 1.165) is 48.1 Å². The van der Waals surface area contributed by atoms with Gasteiger partial charge in [-0.3, -0.25) is 0 Å². The number of thiazole rings is 1. The molecule has 1 aliphatic rings. The molecule has 0 amide bonds. The van der Waals surface area contributed by atoms with Gasteiger partial charge in [-0.1, -0.05) is 42.5 Å². The Morgan fingerprint density at radius 2 is 2.10 bits per heavy atom. The molecule has 0 saturated carbocycles. The number of aryl methyl sites for hydroxylation is 2. The maximum absolute atomic E-state index is 9.43. The van der Waals surface area contributed by atoms with E-state index in [2.05, 4.69) is 36.1 Å². The lowest BCUT2D eigenvalue weighted by Crippen LogP contribution is -2.22. The van der Waals surface area contributed by atoms with Gasteiger partial charge >= 0.3 is 0 Å². The second-order valence-electron chi connectivity index (χ2n) is 5.17. The van der Waals surface area contributed by atoms with Crippen LogP contribution in [-0.2, 0) is 26.0 Å². The maximum Gasteiger partial charge on any atom is 0.186 e. The van der Waals surface area contributed by atoms with Crippen LogP contribution >= 0.6 is 11.3 Å². The number of benzene rings is 1. The van der Waals surface area contributed by atoms with Gasteiger partial charge in [-0.2, -0.15) is 0 Å². The van der Waals surface area contributed by atoms with Crippen molar-refractivity contribution in [2.45, 2.75) is 39.3 Å². The highest BCUT2D eigenvalue weighted by molar-refractivity contribution is 7.15. The minimum Gasteiger partial charge on any atom is -0.391 e. The highest BCUT2D eigenvalue weighted by Crippen LogP contribution is 2.30. The van der Waals surface area contributed by atoms with Crippen molar-refractivity contribution in [2.75, 3.05) is 11.4 Å². The van der Waals surface area contributed by atoms with Gasteiger partial charge in [0.25, 0.3) is 0 Å². The zero-order valence-electron chi connectivity index (χ0n) is 11.8. The lowest BCUT2D eigenvalue weighted by molar-refractivity contribution is 0.284. The molecule has 20 heavy (non-hydrogen) atoms. The van der Waals surface area contributed by atoms with Gasteiger partial charge < -0.3 is 10.0 Å². The highest BCUT2D eigenvalue weighted by atomic mass is 32.1. The predicted molar refractivity (Wildman–Crippen MR) is 83.2 cm³/mol. The molecule has 1 N–H and O–H groups in total. The molecule has 0 atom stereocenters. The molecule has 1 aromatic carbocycles. The van der Waals surface area contributed by atoms with E-state index in [1.54, 1.807) is 11.3 Å². The summed E-state index contributed by atoms with van der Waals surface area (Å²) in [6, 6.07) is 8.68. The van der Waals surface area contributed by atoms with Gasteiger partial charge in [-0.25, -0.2) is 4.98 Å². The molecule has 2 aromatic rings. The van der Waals surface area contributed by atoms with Crippen molar-refractivity contribution in [1.82, 2.24) is 4.98 Å². The largest absolute Gasteiger partial charge is 0.391 e. The van der Waals surface area contributed by atoms with E-state index in [4.69, 9.17) is 4.98 Å². The molecule has 1 aromatic heterocycles. The minimum atomic E-state index is 0.102. The molecule has 0 spiro atoms. The van der Waals surface area contributed by atoms with Gasteiger partial charge in [0.05, 0.1) is 17.2 Å². The molecular formula is C16H20N2OS. The van der Waals surface area contributed by atoms with Crippen molar-refractivity contribution in [3.8, 4) is 0 Å². The summed E-state index contributed by atoms with van der Waals surface area (Å²) in [5, 5.41) is 10.5. The molecule has 2 heterocycles. The summed E-state index contributed by atoms with van der Waals surface area (Å²) in [5.74, 6) is 0. The molecule has 4 heteroatoms. The standard InChI is InChI=1S/C16H20N2OS/c1-2-14-15(11-19)20-16(17-14)18-9-5-8-12-6-3-4-7-13(12)10-18/h3-4,6-7,19H,2,5,8-11H2,1H3. The van der Waals surface area contributed by atoms with Gasteiger partial charge in [0, 0.05) is 13.1 Å². The molecule has 1 aliphatic heterocycles. The summed E-state index contributed by atoms with van der Waals surface area (Å²) in [6.07, 6.45) is 3.19. The zero-order chi connectivity index (χ0) is 13.9. The Labute approximate surface area is 123 Å². The third-order valence-electron chi connectivity index (χ3n) is 3.87. The molecule has 0 saturated heterocycles. The van der Waals surface area contributed by atoms with Crippen LogP contribution in [0, 0.1) is 0 Å². The van der Waals surface area contributed by atoms with Crippen LogP contribution in [0.5, 0.6) is 0 Å². The van der Waals surface area contributed by atoms with E-state index in [0.29, 0.717) is 0 Å². The number of fused-ring (bicyclic) bond motifs is 1. The fourth-order valence-corrected chi connectivity index (χ4v) is 3.80. The smallest absolute Gasteiger partial charge is 0.186 e. The zero-order valence-corrected chi connectivity index (χ0v) is 12.6. The first kappa shape index (κ1) is 13.6. The van der Waals surface area contributed by atoms with Crippen LogP contribution < -0.4 is 4.90 Å². The molecule has 106 valence electrons. The van der Waals surface area contributed by atoms with Crippen molar-refractivity contribution in [3.05, 3.63) is 46.0 Å². The second kappa shape index (κ2) is 5.94. The van der Waals surface area contributed by atoms with Crippen LogP contribution in [0.1, 0.15) is 35.0 Å². The third-order valence-corrected chi connectivity index (χ3v) is 5.01. The van der Waals surface area contributed by atoms with Gasteiger partial charge in [-0.15, -0.1) is 0 Å². The summed E-state index contributed by atoms with van der Waals surface area (Å²) in [5.41, 5.74) is 3.92. The molecule has 0 bridgehead atoms. The Morgan fingerprint density at radius 3 is 2.80 bits per heavy atom. The Bertz CT molecular complexity index is 572. The number of nitrogens with zero attached hydrogens (tertiary/aromatic N) is 2. The molecule has 0 radical (unpaired) electrons. The SMILES string of the molecule is CCc1nc(N2CCCc3ccccc3C2)sc1CO. The van der Waals surface area contributed by atoms with Gasteiger partial charge in [0.2, 0.25) is 0 Å². The van der Waals surface area contributed by atoms with E-state index in [1.807, 2.05) is 0 Å². The number of rotatable bonds is 3. The fourth-order valence-electron chi connectivity index (χ4n) is 2.77. The monoisotopic (exact) mass is 288 g/mol. The van der Waals surface area contributed by atoms with E-state index in [9.17, 15) is 5.11 Å². The first-order valence-electron chi connectivity index (χ1n) is 7.23. The average Bonchev–Trinajstić information content (AvgIpc) is 2.79. The van der Waals surface area contributed by atoms with E-state index >= 15 is 0 Å². The summed E-state index contributed by atoms with van der Waals surface area (Å²) < 4.78 is 0. The summed E-state index contributed by atoms with van der Waals surface area (Å²) in [4.78, 5) is 8.09. The summed E-state index contributed by atoms with van der Waals surface area (Å²) in [6.45, 7) is 4.16. The number of aliphatic hydroxyl groups excluding tert-OH is 1. The fraction of sp³-hybridized carbons (Fsp3) is 0.438. The van der Waals surface area contributed by atoms with Gasteiger partial charge in [-0.05, 0) is 30.4 Å². The van der Waals surface area contributed by atoms with Crippen molar-refractivity contribution >= 4 is 16.5 Å².